The molecule has 3 aliphatic rings. The largest absolute Gasteiger partial charge is 0.481 e. The van der Waals surface area contributed by atoms with Gasteiger partial charge in [-0.05, 0) is 37.5 Å². The summed E-state index contributed by atoms with van der Waals surface area (Å²) in [6, 6.07) is 0.147. The number of rotatable bonds is 2. The van der Waals surface area contributed by atoms with E-state index in [1.54, 1.807) is 0 Å². The highest BCUT2D eigenvalue weighted by Gasteiger charge is 2.53. The molecule has 2 heterocycles. The van der Waals surface area contributed by atoms with Gasteiger partial charge in [-0.1, -0.05) is 26.7 Å². The Kier molecular flexibility index (Phi) is 3.30. The first-order valence-electron chi connectivity index (χ1n) is 7.97. The number of aliphatic carboxylic acids is 1. The van der Waals surface area contributed by atoms with Crippen LogP contribution >= 0.6 is 0 Å². The number of carbonyl (C=O) groups excluding carboxylic acids is 1. The van der Waals surface area contributed by atoms with E-state index in [0.717, 1.165) is 32.1 Å². The molecule has 1 amide bonds. The van der Waals surface area contributed by atoms with Gasteiger partial charge in [0.15, 0.2) is 0 Å². The van der Waals surface area contributed by atoms with Gasteiger partial charge in [0.05, 0.1) is 5.92 Å². The fourth-order valence-corrected chi connectivity index (χ4v) is 4.73. The summed E-state index contributed by atoms with van der Waals surface area (Å²) in [4.78, 5) is 26.3. The van der Waals surface area contributed by atoms with E-state index < -0.39 is 5.97 Å². The summed E-state index contributed by atoms with van der Waals surface area (Å²) in [6.07, 6.45) is 6.95. The molecule has 2 bridgehead atoms. The molecule has 4 nitrogen and oxygen atoms in total. The summed E-state index contributed by atoms with van der Waals surface area (Å²) < 4.78 is 0. The number of nitrogens with zero attached hydrogens (tertiary/aromatic N) is 1. The molecule has 0 aromatic rings. The van der Waals surface area contributed by atoms with Gasteiger partial charge in [-0.2, -0.15) is 0 Å². The van der Waals surface area contributed by atoms with Crippen molar-refractivity contribution in [1.82, 2.24) is 4.90 Å². The molecule has 112 valence electrons. The van der Waals surface area contributed by atoms with E-state index in [-0.39, 0.29) is 35.2 Å². The molecule has 3 fully saturated rings. The Bertz CT molecular complexity index is 431. The molecule has 2 saturated heterocycles. The maximum absolute atomic E-state index is 13.0. The molecule has 4 atom stereocenters. The molecule has 20 heavy (non-hydrogen) atoms. The van der Waals surface area contributed by atoms with Crippen LogP contribution in [0.25, 0.3) is 0 Å². The zero-order valence-electron chi connectivity index (χ0n) is 12.5. The zero-order valence-corrected chi connectivity index (χ0v) is 12.5. The van der Waals surface area contributed by atoms with Crippen molar-refractivity contribution < 1.29 is 14.7 Å². The van der Waals surface area contributed by atoms with Crippen LogP contribution in [0.3, 0.4) is 0 Å². The van der Waals surface area contributed by atoms with Crippen LogP contribution in [0.15, 0.2) is 0 Å². The molecule has 0 aromatic heterocycles. The molecule has 0 aromatic carbocycles. The lowest BCUT2D eigenvalue weighted by Gasteiger charge is -2.40. The van der Waals surface area contributed by atoms with Crippen molar-refractivity contribution >= 4 is 11.9 Å². The smallest absolute Gasteiger partial charge is 0.308 e. The van der Waals surface area contributed by atoms with Crippen molar-refractivity contribution in [2.24, 2.45) is 17.3 Å². The molecule has 1 N–H and O–H groups in total. The Balaban J connectivity index is 1.79. The summed E-state index contributed by atoms with van der Waals surface area (Å²) >= 11 is 0. The number of carboxylic acid groups (broad SMARTS) is 1. The SMILES string of the molecule is CC1(C)CCCCC1C(=O)N1C2CCC1C(C(=O)O)C2. The Hall–Kier alpha value is -1.06. The number of hydrogen-bond donors (Lipinski definition) is 1. The lowest BCUT2D eigenvalue weighted by molar-refractivity contribution is -0.145. The number of fused-ring (bicyclic) bond motifs is 2. The van der Waals surface area contributed by atoms with Gasteiger partial charge in [0.1, 0.15) is 0 Å². The van der Waals surface area contributed by atoms with Crippen molar-refractivity contribution in [2.75, 3.05) is 0 Å². The van der Waals surface area contributed by atoms with Crippen LogP contribution in [0.5, 0.6) is 0 Å². The second-order valence-electron chi connectivity index (χ2n) is 7.51. The van der Waals surface area contributed by atoms with E-state index in [0.29, 0.717) is 6.42 Å². The van der Waals surface area contributed by atoms with Crippen molar-refractivity contribution in [1.29, 1.82) is 0 Å². The number of carbonyl (C=O) groups is 2. The van der Waals surface area contributed by atoms with E-state index in [4.69, 9.17) is 0 Å². The monoisotopic (exact) mass is 279 g/mol. The molecular formula is C16H25NO3. The first-order valence-corrected chi connectivity index (χ1v) is 7.97. The summed E-state index contributed by atoms with van der Waals surface area (Å²) in [5.41, 5.74) is 0.0656. The van der Waals surface area contributed by atoms with Crippen LogP contribution in [0.1, 0.15) is 58.8 Å². The number of amides is 1. The van der Waals surface area contributed by atoms with Gasteiger partial charge in [0, 0.05) is 18.0 Å². The highest BCUT2D eigenvalue weighted by atomic mass is 16.4. The van der Waals surface area contributed by atoms with Gasteiger partial charge in [-0.25, -0.2) is 0 Å². The van der Waals surface area contributed by atoms with E-state index in [2.05, 4.69) is 13.8 Å². The Morgan fingerprint density at radius 2 is 1.90 bits per heavy atom. The summed E-state index contributed by atoms with van der Waals surface area (Å²) in [7, 11) is 0. The molecule has 0 spiro atoms. The number of carboxylic acids is 1. The minimum atomic E-state index is -0.724. The average molecular weight is 279 g/mol. The van der Waals surface area contributed by atoms with E-state index in [1.807, 2.05) is 4.90 Å². The lowest BCUT2D eigenvalue weighted by Crippen LogP contribution is -2.46. The molecule has 2 aliphatic heterocycles. The van der Waals surface area contributed by atoms with Crippen LogP contribution < -0.4 is 0 Å². The third-order valence-corrected chi connectivity index (χ3v) is 5.91. The quantitative estimate of drug-likeness (QED) is 0.845. The standard InChI is InChI=1S/C16H25NO3/c1-16(2)8-4-3-5-12(16)14(18)17-10-6-7-13(17)11(9-10)15(19)20/h10-13H,3-9H2,1-2H3,(H,19,20). The summed E-state index contributed by atoms with van der Waals surface area (Å²) in [5.74, 6) is -0.722. The maximum Gasteiger partial charge on any atom is 0.308 e. The van der Waals surface area contributed by atoms with Crippen LogP contribution in [0.4, 0.5) is 0 Å². The van der Waals surface area contributed by atoms with Gasteiger partial charge in [-0.15, -0.1) is 0 Å². The van der Waals surface area contributed by atoms with Gasteiger partial charge < -0.3 is 10.0 Å². The number of hydrogen-bond acceptors (Lipinski definition) is 2. The topological polar surface area (TPSA) is 57.6 Å². The van der Waals surface area contributed by atoms with Gasteiger partial charge in [-0.3, -0.25) is 9.59 Å². The Morgan fingerprint density at radius 1 is 1.15 bits per heavy atom. The molecular weight excluding hydrogens is 254 g/mol. The molecule has 0 radical (unpaired) electrons. The van der Waals surface area contributed by atoms with E-state index in [1.165, 1.54) is 6.42 Å². The van der Waals surface area contributed by atoms with Crippen molar-refractivity contribution in [3.8, 4) is 0 Å². The van der Waals surface area contributed by atoms with Gasteiger partial charge in [0.25, 0.3) is 0 Å². The first kappa shape index (κ1) is 13.9. The second-order valence-corrected chi connectivity index (χ2v) is 7.51. The lowest BCUT2D eigenvalue weighted by atomic mass is 9.68. The predicted octanol–water partition coefficient (Wildman–Crippen LogP) is 2.67. The summed E-state index contributed by atoms with van der Waals surface area (Å²) in [5, 5.41) is 9.31. The Morgan fingerprint density at radius 3 is 2.50 bits per heavy atom. The predicted molar refractivity (Wildman–Crippen MR) is 75.1 cm³/mol. The van der Waals surface area contributed by atoms with Crippen molar-refractivity contribution in [3.05, 3.63) is 0 Å². The van der Waals surface area contributed by atoms with Crippen LogP contribution in [0, 0.1) is 17.3 Å². The fraction of sp³-hybridized carbons (Fsp3) is 0.875. The Labute approximate surface area is 120 Å². The zero-order chi connectivity index (χ0) is 14.5. The van der Waals surface area contributed by atoms with Crippen LogP contribution in [0.2, 0.25) is 0 Å². The molecule has 3 rings (SSSR count). The van der Waals surface area contributed by atoms with Crippen LogP contribution in [-0.2, 0) is 9.59 Å². The van der Waals surface area contributed by atoms with Crippen molar-refractivity contribution in [3.63, 3.8) is 0 Å². The normalized spacial score (nSPS) is 39.0. The average Bonchev–Trinajstić information content (AvgIpc) is 2.94. The van der Waals surface area contributed by atoms with Gasteiger partial charge >= 0.3 is 5.97 Å². The fourth-order valence-electron chi connectivity index (χ4n) is 4.73. The van der Waals surface area contributed by atoms with Gasteiger partial charge in [0.2, 0.25) is 5.91 Å². The third-order valence-electron chi connectivity index (χ3n) is 5.91. The highest BCUT2D eigenvalue weighted by molar-refractivity contribution is 5.83. The highest BCUT2D eigenvalue weighted by Crippen LogP contribution is 2.47. The maximum atomic E-state index is 13.0. The third kappa shape index (κ3) is 2.04. The minimum absolute atomic E-state index is 0.0391. The second kappa shape index (κ2) is 4.74. The first-order chi connectivity index (χ1) is 9.42. The molecule has 4 heteroatoms. The molecule has 1 aliphatic carbocycles. The molecule has 1 saturated carbocycles. The van der Waals surface area contributed by atoms with Crippen molar-refractivity contribution in [2.45, 2.75) is 70.9 Å². The van der Waals surface area contributed by atoms with E-state index in [9.17, 15) is 14.7 Å². The molecule has 4 unspecified atom stereocenters. The van der Waals surface area contributed by atoms with E-state index >= 15 is 0 Å². The summed E-state index contributed by atoms with van der Waals surface area (Å²) in [6.45, 7) is 4.39. The minimum Gasteiger partial charge on any atom is -0.481 e. The van der Waals surface area contributed by atoms with Crippen LogP contribution in [-0.4, -0.2) is 34.0 Å².